The topological polar surface area (TPSA) is 44.8 Å². The number of nitrogens with one attached hydrogen (secondary N) is 1. The average Bonchev–Trinajstić information content (AvgIpc) is 3.25. The Kier molecular flexibility index (Phi) is 5.25. The lowest BCUT2D eigenvalue weighted by molar-refractivity contribution is -0.0460. The van der Waals surface area contributed by atoms with Crippen molar-refractivity contribution >= 4 is 22.4 Å². The van der Waals surface area contributed by atoms with Gasteiger partial charge in [0.05, 0.1) is 12.7 Å². The molecule has 0 bridgehead atoms. The zero-order valence-electron chi connectivity index (χ0n) is 16.8. The van der Waals surface area contributed by atoms with Crippen LogP contribution in [0, 0.1) is 0 Å². The lowest BCUT2D eigenvalue weighted by Gasteiger charge is -2.35. The fraction of sp³-hybridized carbons (Fsp3) is 0.458. The largest absolute Gasteiger partial charge is 0.373 e. The molecule has 3 aliphatic rings. The van der Waals surface area contributed by atoms with Crippen molar-refractivity contribution in [2.24, 2.45) is 0 Å². The summed E-state index contributed by atoms with van der Waals surface area (Å²) in [5.41, 5.74) is 2.63. The Morgan fingerprint density at radius 1 is 1.14 bits per heavy atom. The van der Waals surface area contributed by atoms with Crippen molar-refractivity contribution in [2.75, 3.05) is 39.3 Å². The molecule has 1 N–H and O–H groups in total. The number of ether oxygens (including phenoxy) is 1. The number of hydrogen-bond acceptors (Lipinski definition) is 3. The van der Waals surface area contributed by atoms with Crippen molar-refractivity contribution in [1.29, 1.82) is 0 Å². The molecule has 0 saturated carbocycles. The van der Waals surface area contributed by atoms with E-state index in [-0.39, 0.29) is 12.1 Å². The first-order valence-electron chi connectivity index (χ1n) is 10.8. The third kappa shape index (κ3) is 3.89. The minimum absolute atomic E-state index is 0.0189. The maximum absolute atomic E-state index is 12.6. The zero-order valence-corrected chi connectivity index (χ0v) is 16.8. The predicted octanol–water partition coefficient (Wildman–Crippen LogP) is 3.50. The molecule has 29 heavy (non-hydrogen) atoms. The first-order chi connectivity index (χ1) is 14.3. The Labute approximate surface area is 172 Å². The summed E-state index contributed by atoms with van der Waals surface area (Å²) in [6.07, 6.45) is 5.72. The molecule has 2 aromatic rings. The lowest BCUT2D eigenvalue weighted by atomic mass is 9.94. The predicted molar refractivity (Wildman–Crippen MR) is 116 cm³/mol. The summed E-state index contributed by atoms with van der Waals surface area (Å²) < 4.78 is 5.96. The van der Waals surface area contributed by atoms with Gasteiger partial charge in [-0.2, -0.15) is 0 Å². The van der Waals surface area contributed by atoms with E-state index in [1.54, 1.807) is 0 Å². The molecule has 2 atom stereocenters. The van der Waals surface area contributed by atoms with Crippen molar-refractivity contribution in [1.82, 2.24) is 15.1 Å². The first-order valence-corrected chi connectivity index (χ1v) is 10.8. The number of amides is 2. The fourth-order valence-corrected chi connectivity index (χ4v) is 4.93. The van der Waals surface area contributed by atoms with E-state index in [0.717, 1.165) is 26.1 Å². The molecule has 3 aliphatic heterocycles. The third-order valence-corrected chi connectivity index (χ3v) is 6.57. The number of hydrogen-bond donors (Lipinski definition) is 1. The number of fused-ring (bicyclic) bond motifs is 2. The number of nitrogens with zero attached hydrogens (tertiary/aromatic N) is 2. The quantitative estimate of drug-likeness (QED) is 0.871. The van der Waals surface area contributed by atoms with Crippen molar-refractivity contribution in [3.63, 3.8) is 0 Å². The summed E-state index contributed by atoms with van der Waals surface area (Å²) in [5, 5.41) is 5.64. The van der Waals surface area contributed by atoms with E-state index in [1.165, 1.54) is 41.3 Å². The maximum atomic E-state index is 12.6. The SMILES string of the molecule is O=C(NCC1CN2CCCC2CO1)N1CC=C(c2cccc3ccccc23)CC1. The van der Waals surface area contributed by atoms with Gasteiger partial charge in [-0.3, -0.25) is 4.90 Å². The third-order valence-electron chi connectivity index (χ3n) is 6.57. The van der Waals surface area contributed by atoms with Crippen molar-refractivity contribution < 1.29 is 9.53 Å². The first kappa shape index (κ1) is 18.6. The van der Waals surface area contributed by atoms with Crippen LogP contribution in [0.1, 0.15) is 24.8 Å². The maximum Gasteiger partial charge on any atom is 0.317 e. The summed E-state index contributed by atoms with van der Waals surface area (Å²) in [7, 11) is 0. The molecule has 5 rings (SSSR count). The molecule has 0 radical (unpaired) electrons. The highest BCUT2D eigenvalue weighted by atomic mass is 16.5. The second-order valence-corrected chi connectivity index (χ2v) is 8.38. The van der Waals surface area contributed by atoms with E-state index in [0.29, 0.717) is 19.1 Å². The summed E-state index contributed by atoms with van der Waals surface area (Å²) in [6, 6.07) is 15.6. The van der Waals surface area contributed by atoms with Gasteiger partial charge in [0.2, 0.25) is 0 Å². The smallest absolute Gasteiger partial charge is 0.317 e. The van der Waals surface area contributed by atoms with Crippen LogP contribution in [0.4, 0.5) is 4.79 Å². The number of carbonyl (C=O) groups excluding carboxylic acids is 1. The van der Waals surface area contributed by atoms with Gasteiger partial charge < -0.3 is 15.0 Å². The number of rotatable bonds is 3. The summed E-state index contributed by atoms with van der Waals surface area (Å²) in [5.74, 6) is 0. The van der Waals surface area contributed by atoms with E-state index in [2.05, 4.69) is 58.8 Å². The Morgan fingerprint density at radius 2 is 2.03 bits per heavy atom. The number of carbonyl (C=O) groups is 1. The Balaban J connectivity index is 1.18. The van der Waals surface area contributed by atoms with E-state index < -0.39 is 0 Å². The average molecular weight is 392 g/mol. The number of urea groups is 1. The molecule has 0 aliphatic carbocycles. The molecular formula is C24H29N3O2. The molecule has 3 heterocycles. The van der Waals surface area contributed by atoms with Crippen molar-refractivity contribution in [3.05, 3.63) is 54.1 Å². The molecule has 2 saturated heterocycles. The van der Waals surface area contributed by atoms with Gasteiger partial charge in [-0.1, -0.05) is 48.5 Å². The molecule has 5 heteroatoms. The van der Waals surface area contributed by atoms with Crippen LogP contribution in [0.5, 0.6) is 0 Å². The van der Waals surface area contributed by atoms with Crippen LogP contribution in [-0.4, -0.2) is 67.3 Å². The molecule has 2 aromatic carbocycles. The molecular weight excluding hydrogens is 362 g/mol. The van der Waals surface area contributed by atoms with Crippen molar-refractivity contribution in [3.8, 4) is 0 Å². The highest BCUT2D eigenvalue weighted by molar-refractivity contribution is 5.94. The summed E-state index contributed by atoms with van der Waals surface area (Å²) in [4.78, 5) is 17.1. The van der Waals surface area contributed by atoms with Crippen LogP contribution in [0.25, 0.3) is 16.3 Å². The molecule has 2 unspecified atom stereocenters. The number of morpholine rings is 1. The van der Waals surface area contributed by atoms with Crippen LogP contribution < -0.4 is 5.32 Å². The molecule has 152 valence electrons. The standard InChI is InChI=1S/C24H29N3O2/c28-24(25-15-21-16-27-12-4-7-20(27)17-29-21)26-13-10-19(11-14-26)23-9-3-6-18-5-1-2-8-22(18)23/h1-3,5-6,8-10,20-21H,4,7,11-17H2,(H,25,28). The minimum Gasteiger partial charge on any atom is -0.373 e. The number of benzene rings is 2. The van der Waals surface area contributed by atoms with Crippen LogP contribution >= 0.6 is 0 Å². The molecule has 2 amide bonds. The molecule has 5 nitrogen and oxygen atoms in total. The Morgan fingerprint density at radius 3 is 2.93 bits per heavy atom. The van der Waals surface area contributed by atoms with Gasteiger partial charge in [-0.15, -0.1) is 0 Å². The second-order valence-electron chi connectivity index (χ2n) is 8.38. The van der Waals surface area contributed by atoms with E-state index in [4.69, 9.17) is 4.74 Å². The van der Waals surface area contributed by atoms with Crippen LogP contribution in [0.2, 0.25) is 0 Å². The van der Waals surface area contributed by atoms with Gasteiger partial charge in [0.15, 0.2) is 0 Å². The van der Waals surface area contributed by atoms with Gasteiger partial charge in [-0.05, 0) is 47.7 Å². The van der Waals surface area contributed by atoms with E-state index in [9.17, 15) is 4.79 Å². The van der Waals surface area contributed by atoms with E-state index in [1.807, 2.05) is 4.90 Å². The molecule has 0 spiro atoms. The zero-order chi connectivity index (χ0) is 19.6. The lowest BCUT2D eigenvalue weighted by Crippen LogP contribution is -2.52. The summed E-state index contributed by atoms with van der Waals surface area (Å²) in [6.45, 7) is 4.92. The summed E-state index contributed by atoms with van der Waals surface area (Å²) >= 11 is 0. The van der Waals surface area contributed by atoms with Gasteiger partial charge in [0.1, 0.15) is 0 Å². The monoisotopic (exact) mass is 391 g/mol. The highest BCUT2D eigenvalue weighted by Gasteiger charge is 2.32. The van der Waals surface area contributed by atoms with Crippen LogP contribution in [0.3, 0.4) is 0 Å². The normalized spacial score (nSPS) is 25.0. The van der Waals surface area contributed by atoms with Gasteiger partial charge in [0.25, 0.3) is 0 Å². The molecule has 0 aromatic heterocycles. The Hall–Kier alpha value is -2.37. The van der Waals surface area contributed by atoms with Gasteiger partial charge >= 0.3 is 6.03 Å². The highest BCUT2D eigenvalue weighted by Crippen LogP contribution is 2.29. The second kappa shape index (κ2) is 8.17. The van der Waals surface area contributed by atoms with Crippen molar-refractivity contribution in [2.45, 2.75) is 31.4 Å². The van der Waals surface area contributed by atoms with Crippen LogP contribution in [0.15, 0.2) is 48.5 Å². The fourth-order valence-electron chi connectivity index (χ4n) is 4.93. The van der Waals surface area contributed by atoms with Gasteiger partial charge in [0, 0.05) is 32.2 Å². The minimum atomic E-state index is 0.0189. The van der Waals surface area contributed by atoms with E-state index >= 15 is 0 Å². The molecule has 2 fully saturated rings. The van der Waals surface area contributed by atoms with Crippen LogP contribution in [-0.2, 0) is 4.74 Å². The van der Waals surface area contributed by atoms with Gasteiger partial charge in [-0.25, -0.2) is 4.79 Å². The Bertz CT molecular complexity index is 920.